The summed E-state index contributed by atoms with van der Waals surface area (Å²) >= 11 is 7.00. The number of carbonyl (C=O) groups is 1. The first-order chi connectivity index (χ1) is 12.8. The predicted molar refractivity (Wildman–Crippen MR) is 101 cm³/mol. The van der Waals surface area contributed by atoms with Crippen LogP contribution in [0.2, 0.25) is 5.02 Å². The van der Waals surface area contributed by atoms with Gasteiger partial charge in [0.25, 0.3) is 0 Å². The molecule has 3 rings (SSSR count). The van der Waals surface area contributed by atoms with Crippen LogP contribution >= 0.6 is 23.4 Å². The first-order valence-electron chi connectivity index (χ1n) is 7.74. The number of nitrogens with two attached hydrogens (primary N) is 1. The molecule has 0 unspecified atom stereocenters. The number of carbonyl (C=O) groups excluding carboxylic acids is 1. The van der Waals surface area contributed by atoms with Gasteiger partial charge in [0.1, 0.15) is 11.6 Å². The summed E-state index contributed by atoms with van der Waals surface area (Å²) in [6, 6.07) is 9.75. The van der Waals surface area contributed by atoms with Crippen LogP contribution in [-0.2, 0) is 4.79 Å². The molecule has 10 heteroatoms. The van der Waals surface area contributed by atoms with Gasteiger partial charge in [0.15, 0.2) is 5.82 Å². The van der Waals surface area contributed by atoms with E-state index in [2.05, 4.69) is 15.5 Å². The van der Waals surface area contributed by atoms with Gasteiger partial charge in [0.2, 0.25) is 11.1 Å². The van der Waals surface area contributed by atoms with Gasteiger partial charge in [0, 0.05) is 16.7 Å². The Balaban J connectivity index is 1.73. The molecule has 0 radical (unpaired) electrons. The Morgan fingerprint density at radius 1 is 1.26 bits per heavy atom. The van der Waals surface area contributed by atoms with E-state index in [4.69, 9.17) is 17.4 Å². The highest BCUT2D eigenvalue weighted by Crippen LogP contribution is 2.27. The molecule has 1 atom stereocenters. The third-order valence-electron chi connectivity index (χ3n) is 3.59. The van der Waals surface area contributed by atoms with Crippen molar-refractivity contribution in [2.75, 3.05) is 11.2 Å². The fraction of sp³-hybridized carbons (Fsp3) is 0.118. The summed E-state index contributed by atoms with van der Waals surface area (Å²) in [7, 11) is 0. The zero-order chi connectivity index (χ0) is 19.6. The molecule has 1 aromatic heterocycles. The van der Waals surface area contributed by atoms with Crippen molar-refractivity contribution in [3.63, 3.8) is 0 Å². The van der Waals surface area contributed by atoms with Crippen molar-refractivity contribution in [1.29, 1.82) is 0 Å². The number of hydrogen-bond acceptors (Lipinski definition) is 5. The number of nitrogens with zero attached hydrogens (tertiary/aromatic N) is 3. The molecule has 3 N–H and O–H groups in total. The molecule has 0 bridgehead atoms. The van der Waals surface area contributed by atoms with Crippen molar-refractivity contribution in [2.24, 2.45) is 0 Å². The van der Waals surface area contributed by atoms with Crippen LogP contribution in [-0.4, -0.2) is 26.0 Å². The van der Waals surface area contributed by atoms with E-state index in [-0.39, 0.29) is 10.8 Å². The van der Waals surface area contributed by atoms with E-state index in [1.165, 1.54) is 4.68 Å². The van der Waals surface area contributed by atoms with Crippen LogP contribution in [0.25, 0.3) is 11.4 Å². The van der Waals surface area contributed by atoms with E-state index < -0.39 is 22.8 Å². The molecular weight excluding hydrogens is 396 g/mol. The van der Waals surface area contributed by atoms with Gasteiger partial charge < -0.3 is 11.2 Å². The maximum absolute atomic E-state index is 13.7. The highest BCUT2D eigenvalue weighted by Gasteiger charge is 2.21. The van der Waals surface area contributed by atoms with Gasteiger partial charge in [-0.15, -0.1) is 10.2 Å². The van der Waals surface area contributed by atoms with Gasteiger partial charge in [-0.3, -0.25) is 4.79 Å². The first kappa shape index (κ1) is 19.1. The molecule has 2 aromatic carbocycles. The number of nitrogens with one attached hydrogen (secondary N) is 1. The van der Waals surface area contributed by atoms with Crippen molar-refractivity contribution < 1.29 is 13.6 Å². The van der Waals surface area contributed by atoms with Gasteiger partial charge in [-0.05, 0) is 31.2 Å². The van der Waals surface area contributed by atoms with Gasteiger partial charge >= 0.3 is 0 Å². The number of amides is 1. The number of nitrogen functional groups attached to an aromatic ring is 1. The summed E-state index contributed by atoms with van der Waals surface area (Å²) in [4.78, 5) is 12.3. The van der Waals surface area contributed by atoms with Crippen LogP contribution in [0.5, 0.6) is 0 Å². The van der Waals surface area contributed by atoms with Crippen LogP contribution in [0, 0.1) is 11.6 Å². The van der Waals surface area contributed by atoms with Crippen LogP contribution in [0.4, 0.5) is 14.5 Å². The minimum absolute atomic E-state index is 0.235. The molecule has 0 fully saturated rings. The second-order valence-corrected chi connectivity index (χ2v) is 7.30. The Morgan fingerprint density at radius 3 is 2.78 bits per heavy atom. The van der Waals surface area contributed by atoms with Gasteiger partial charge in [-0.2, -0.15) is 0 Å². The standard InChI is InChI=1S/C17H14ClF2N5OS/c1-9(16(26)22-14-8-12(19)5-6-13(14)20)27-17-24-23-15(25(17)21)10-3-2-4-11(18)7-10/h2-9H,21H2,1H3,(H,22,26)/t9-/m0/s1. The van der Waals surface area contributed by atoms with Crippen molar-refractivity contribution in [3.05, 3.63) is 59.1 Å². The largest absolute Gasteiger partial charge is 0.335 e. The van der Waals surface area contributed by atoms with Crippen molar-refractivity contribution in [3.8, 4) is 11.4 Å². The molecule has 0 aliphatic rings. The predicted octanol–water partition coefficient (Wildman–Crippen LogP) is 3.71. The molecule has 0 spiro atoms. The molecule has 6 nitrogen and oxygen atoms in total. The molecule has 0 aliphatic heterocycles. The van der Waals surface area contributed by atoms with Crippen molar-refractivity contribution in [1.82, 2.24) is 14.9 Å². The lowest BCUT2D eigenvalue weighted by Gasteiger charge is -2.12. The van der Waals surface area contributed by atoms with Gasteiger partial charge in [-0.25, -0.2) is 13.5 Å². The summed E-state index contributed by atoms with van der Waals surface area (Å²) in [6.07, 6.45) is 0. The topological polar surface area (TPSA) is 85.8 Å². The number of rotatable bonds is 5. The fourth-order valence-electron chi connectivity index (χ4n) is 2.22. The van der Waals surface area contributed by atoms with Crippen molar-refractivity contribution >= 4 is 35.0 Å². The quantitative estimate of drug-likeness (QED) is 0.495. The molecule has 0 saturated heterocycles. The number of aromatic nitrogens is 3. The van der Waals surface area contributed by atoms with E-state index in [1.807, 2.05) is 0 Å². The number of halogens is 3. The molecule has 1 amide bonds. The molecule has 140 valence electrons. The van der Waals surface area contributed by atoms with Gasteiger partial charge in [-0.1, -0.05) is 35.5 Å². The minimum Gasteiger partial charge on any atom is -0.335 e. The number of hydrogen-bond donors (Lipinski definition) is 2. The summed E-state index contributed by atoms with van der Waals surface area (Å²) in [5, 5.41) is 10.5. The lowest BCUT2D eigenvalue weighted by molar-refractivity contribution is -0.115. The third kappa shape index (κ3) is 4.37. The maximum Gasteiger partial charge on any atom is 0.237 e. The molecule has 1 heterocycles. The number of anilines is 1. The average Bonchev–Trinajstić information content (AvgIpc) is 2.98. The monoisotopic (exact) mass is 409 g/mol. The summed E-state index contributed by atoms with van der Waals surface area (Å²) in [5.74, 6) is 4.48. The van der Waals surface area contributed by atoms with Crippen LogP contribution in [0.1, 0.15) is 6.92 Å². The molecule has 0 aliphatic carbocycles. The number of thioether (sulfide) groups is 1. The number of benzene rings is 2. The highest BCUT2D eigenvalue weighted by molar-refractivity contribution is 8.00. The van der Waals surface area contributed by atoms with E-state index in [0.717, 1.165) is 30.0 Å². The minimum atomic E-state index is -0.729. The lowest BCUT2D eigenvalue weighted by Crippen LogP contribution is -2.24. The average molecular weight is 410 g/mol. The summed E-state index contributed by atoms with van der Waals surface area (Å²) in [6.45, 7) is 1.59. The first-order valence-corrected chi connectivity index (χ1v) is 9.00. The van der Waals surface area contributed by atoms with Crippen LogP contribution in [0.15, 0.2) is 47.6 Å². The second kappa shape index (κ2) is 7.93. The lowest BCUT2D eigenvalue weighted by atomic mass is 10.2. The SMILES string of the molecule is C[C@H](Sc1nnc(-c2cccc(Cl)c2)n1N)C(=O)Nc1cc(F)ccc1F. The Kier molecular flexibility index (Phi) is 5.62. The molecule has 27 heavy (non-hydrogen) atoms. The maximum atomic E-state index is 13.7. The van der Waals surface area contributed by atoms with Gasteiger partial charge in [0.05, 0.1) is 10.9 Å². The molecular formula is C17H14ClF2N5OS. The third-order valence-corrected chi connectivity index (χ3v) is 4.88. The van der Waals surface area contributed by atoms with Crippen LogP contribution < -0.4 is 11.2 Å². The molecule has 3 aromatic rings. The fourth-order valence-corrected chi connectivity index (χ4v) is 3.18. The normalized spacial score (nSPS) is 12.0. The zero-order valence-electron chi connectivity index (χ0n) is 14.0. The Morgan fingerprint density at radius 2 is 2.04 bits per heavy atom. The van der Waals surface area contributed by atoms with E-state index >= 15 is 0 Å². The van der Waals surface area contributed by atoms with E-state index in [0.29, 0.717) is 16.4 Å². The smallest absolute Gasteiger partial charge is 0.237 e. The van der Waals surface area contributed by atoms with E-state index in [9.17, 15) is 13.6 Å². The highest BCUT2D eigenvalue weighted by atomic mass is 35.5. The zero-order valence-corrected chi connectivity index (χ0v) is 15.6. The van der Waals surface area contributed by atoms with E-state index in [1.54, 1.807) is 31.2 Å². The summed E-state index contributed by atoms with van der Waals surface area (Å²) in [5.41, 5.74) is 0.435. The summed E-state index contributed by atoms with van der Waals surface area (Å²) < 4.78 is 28.1. The molecule has 0 saturated carbocycles. The Bertz CT molecular complexity index is 997. The van der Waals surface area contributed by atoms with Crippen LogP contribution in [0.3, 0.4) is 0 Å². The Labute approximate surface area is 162 Å². The second-order valence-electron chi connectivity index (χ2n) is 5.56. The van der Waals surface area contributed by atoms with Crippen molar-refractivity contribution in [2.45, 2.75) is 17.3 Å². The Hall–Kier alpha value is -2.65.